The van der Waals surface area contributed by atoms with Crippen LogP contribution in [-0.2, 0) is 19.3 Å². The molecule has 0 N–H and O–H groups in total. The average molecular weight is 382 g/mol. The van der Waals surface area contributed by atoms with Crippen molar-refractivity contribution in [1.29, 1.82) is 0 Å². The van der Waals surface area contributed by atoms with Gasteiger partial charge in [-0.25, -0.2) is 0 Å². The molecule has 0 saturated heterocycles. The topological polar surface area (TPSA) is 42.2 Å². The molecule has 0 amide bonds. The maximum absolute atomic E-state index is 12.8. The molecule has 0 aliphatic heterocycles. The Labute approximate surface area is 153 Å². The van der Waals surface area contributed by atoms with Gasteiger partial charge < -0.3 is 4.52 Å². The van der Waals surface area contributed by atoms with E-state index in [1.165, 1.54) is 6.07 Å². The van der Waals surface area contributed by atoms with E-state index in [-0.39, 0.29) is 0 Å². The highest BCUT2D eigenvalue weighted by atomic mass is 35.5. The molecule has 0 spiro atoms. The minimum Gasteiger partial charge on any atom is -0.338 e. The zero-order valence-corrected chi connectivity index (χ0v) is 14.6. The van der Waals surface area contributed by atoms with Crippen LogP contribution < -0.4 is 0 Å². The highest BCUT2D eigenvalue weighted by Gasteiger charge is 2.30. The zero-order valence-electron chi connectivity index (χ0n) is 13.8. The Morgan fingerprint density at radius 2 is 1.81 bits per heavy atom. The molecular formula is C18H15ClF3N3O. The van der Waals surface area contributed by atoms with E-state index in [0.717, 1.165) is 17.7 Å². The Kier molecular flexibility index (Phi) is 5.29. The summed E-state index contributed by atoms with van der Waals surface area (Å²) in [7, 11) is 1.77. The van der Waals surface area contributed by atoms with Crippen LogP contribution in [0.3, 0.4) is 0 Å². The monoisotopic (exact) mass is 381 g/mol. The standard InChI is InChI=1S/C18H15ClF3N3O/c1-25(10-12-3-2-4-14(9-12)18(20,21)22)11-16-23-17(24-26-16)13-5-7-15(19)8-6-13/h2-9H,10-11H2,1H3. The maximum Gasteiger partial charge on any atom is 0.416 e. The fraction of sp³-hybridized carbons (Fsp3) is 0.222. The summed E-state index contributed by atoms with van der Waals surface area (Å²) in [6.45, 7) is 0.638. The number of benzene rings is 2. The molecule has 0 fully saturated rings. The van der Waals surface area contributed by atoms with Crippen molar-refractivity contribution in [3.63, 3.8) is 0 Å². The van der Waals surface area contributed by atoms with E-state index in [1.54, 1.807) is 42.3 Å². The lowest BCUT2D eigenvalue weighted by atomic mass is 10.1. The molecule has 0 saturated carbocycles. The number of halogens is 4. The van der Waals surface area contributed by atoms with Crippen LogP contribution in [0.25, 0.3) is 11.4 Å². The van der Waals surface area contributed by atoms with E-state index >= 15 is 0 Å². The van der Waals surface area contributed by atoms with Crippen LogP contribution in [0.4, 0.5) is 13.2 Å². The summed E-state index contributed by atoms with van der Waals surface area (Å²) in [6.07, 6.45) is -4.35. The van der Waals surface area contributed by atoms with Gasteiger partial charge in [-0.15, -0.1) is 0 Å². The third-order valence-electron chi connectivity index (χ3n) is 3.68. The Morgan fingerprint density at radius 3 is 2.50 bits per heavy atom. The van der Waals surface area contributed by atoms with Gasteiger partial charge in [-0.2, -0.15) is 18.2 Å². The van der Waals surface area contributed by atoms with Crippen molar-refractivity contribution in [2.24, 2.45) is 0 Å². The van der Waals surface area contributed by atoms with Gasteiger partial charge in [0.25, 0.3) is 0 Å². The van der Waals surface area contributed by atoms with Crippen LogP contribution >= 0.6 is 11.6 Å². The molecule has 0 aliphatic rings. The molecule has 136 valence electrons. The van der Waals surface area contributed by atoms with E-state index in [4.69, 9.17) is 16.1 Å². The quantitative estimate of drug-likeness (QED) is 0.621. The van der Waals surface area contributed by atoms with Crippen LogP contribution in [-0.4, -0.2) is 22.1 Å². The number of hydrogen-bond donors (Lipinski definition) is 0. The van der Waals surface area contributed by atoms with Gasteiger partial charge in [0, 0.05) is 17.1 Å². The fourth-order valence-corrected chi connectivity index (χ4v) is 2.61. The van der Waals surface area contributed by atoms with Crippen molar-refractivity contribution in [1.82, 2.24) is 15.0 Å². The lowest BCUT2D eigenvalue weighted by molar-refractivity contribution is -0.137. The fourth-order valence-electron chi connectivity index (χ4n) is 2.48. The van der Waals surface area contributed by atoms with Gasteiger partial charge in [0.05, 0.1) is 12.1 Å². The highest BCUT2D eigenvalue weighted by Crippen LogP contribution is 2.29. The van der Waals surface area contributed by atoms with E-state index in [1.807, 2.05) is 0 Å². The lowest BCUT2D eigenvalue weighted by Gasteiger charge is -2.15. The van der Waals surface area contributed by atoms with Crippen molar-refractivity contribution < 1.29 is 17.7 Å². The van der Waals surface area contributed by atoms with Crippen molar-refractivity contribution in [2.75, 3.05) is 7.05 Å². The largest absolute Gasteiger partial charge is 0.416 e. The molecule has 8 heteroatoms. The van der Waals surface area contributed by atoms with Crippen molar-refractivity contribution in [2.45, 2.75) is 19.3 Å². The first kappa shape index (κ1) is 18.4. The molecule has 4 nitrogen and oxygen atoms in total. The van der Waals surface area contributed by atoms with Crippen LogP contribution in [0.5, 0.6) is 0 Å². The second-order valence-electron chi connectivity index (χ2n) is 5.89. The lowest BCUT2D eigenvalue weighted by Crippen LogP contribution is -2.18. The molecule has 0 unspecified atom stereocenters. The minimum atomic E-state index is -4.35. The first-order valence-corrected chi connectivity index (χ1v) is 8.12. The number of alkyl halides is 3. The molecule has 3 aromatic rings. The van der Waals surface area contributed by atoms with E-state index in [0.29, 0.717) is 35.4 Å². The molecule has 26 heavy (non-hydrogen) atoms. The Hall–Kier alpha value is -2.38. The molecular weight excluding hydrogens is 367 g/mol. The predicted molar refractivity (Wildman–Crippen MR) is 91.4 cm³/mol. The van der Waals surface area contributed by atoms with Crippen LogP contribution in [0, 0.1) is 0 Å². The van der Waals surface area contributed by atoms with Gasteiger partial charge in [0.15, 0.2) is 0 Å². The average Bonchev–Trinajstić information content (AvgIpc) is 3.03. The van der Waals surface area contributed by atoms with Crippen molar-refractivity contribution in [3.05, 3.63) is 70.6 Å². The number of rotatable bonds is 5. The van der Waals surface area contributed by atoms with E-state index in [2.05, 4.69) is 10.1 Å². The number of aromatic nitrogens is 2. The van der Waals surface area contributed by atoms with E-state index in [9.17, 15) is 13.2 Å². The second kappa shape index (κ2) is 7.47. The molecule has 3 rings (SSSR count). The predicted octanol–water partition coefficient (Wildman–Crippen LogP) is 5.04. The Morgan fingerprint density at radius 1 is 1.08 bits per heavy atom. The molecule has 0 radical (unpaired) electrons. The summed E-state index contributed by atoms with van der Waals surface area (Å²) in [5.41, 5.74) is 0.663. The molecule has 2 aromatic carbocycles. The normalized spacial score (nSPS) is 11.9. The number of hydrogen-bond acceptors (Lipinski definition) is 4. The van der Waals surface area contributed by atoms with Gasteiger partial charge in [0.1, 0.15) is 0 Å². The summed E-state index contributed by atoms with van der Waals surface area (Å²) in [6, 6.07) is 12.3. The summed E-state index contributed by atoms with van der Waals surface area (Å²) >= 11 is 5.85. The van der Waals surface area contributed by atoms with Crippen LogP contribution in [0.2, 0.25) is 5.02 Å². The van der Waals surface area contributed by atoms with Gasteiger partial charge in [0.2, 0.25) is 11.7 Å². The van der Waals surface area contributed by atoms with Gasteiger partial charge in [-0.3, -0.25) is 4.90 Å². The molecule has 1 aromatic heterocycles. The van der Waals surface area contributed by atoms with Crippen molar-refractivity contribution in [3.8, 4) is 11.4 Å². The highest BCUT2D eigenvalue weighted by molar-refractivity contribution is 6.30. The minimum absolute atomic E-state index is 0.316. The van der Waals surface area contributed by atoms with Crippen molar-refractivity contribution >= 4 is 11.6 Å². The second-order valence-corrected chi connectivity index (χ2v) is 6.33. The van der Waals surface area contributed by atoms with Crippen LogP contribution in [0.1, 0.15) is 17.0 Å². The Bertz CT molecular complexity index is 878. The summed E-state index contributed by atoms with van der Waals surface area (Å²) in [5, 5.41) is 4.53. The van der Waals surface area contributed by atoms with E-state index < -0.39 is 11.7 Å². The molecule has 0 atom stereocenters. The van der Waals surface area contributed by atoms with Gasteiger partial charge in [-0.1, -0.05) is 35.0 Å². The molecule has 0 aliphatic carbocycles. The smallest absolute Gasteiger partial charge is 0.338 e. The zero-order chi connectivity index (χ0) is 18.7. The summed E-state index contributed by atoms with van der Waals surface area (Å²) < 4.78 is 43.6. The SMILES string of the molecule is CN(Cc1cccc(C(F)(F)F)c1)Cc1nc(-c2ccc(Cl)cc2)no1. The van der Waals surface area contributed by atoms with Crippen LogP contribution in [0.15, 0.2) is 53.1 Å². The first-order chi connectivity index (χ1) is 12.3. The third-order valence-corrected chi connectivity index (χ3v) is 3.93. The molecule has 1 heterocycles. The third kappa shape index (κ3) is 4.62. The maximum atomic E-state index is 12.8. The number of nitrogens with zero attached hydrogens (tertiary/aromatic N) is 3. The summed E-state index contributed by atoms with van der Waals surface area (Å²) in [5.74, 6) is 0.813. The van der Waals surface area contributed by atoms with Gasteiger partial charge >= 0.3 is 6.18 Å². The molecule has 0 bridgehead atoms. The first-order valence-electron chi connectivity index (χ1n) is 7.74. The van der Waals surface area contributed by atoms with Gasteiger partial charge in [-0.05, 0) is 42.9 Å². The summed E-state index contributed by atoms with van der Waals surface area (Å²) in [4.78, 5) is 6.11. The Balaban J connectivity index is 1.65.